The van der Waals surface area contributed by atoms with Gasteiger partial charge >= 0.3 is 0 Å². The molecule has 6 heteroatoms. The normalized spacial score (nSPS) is 14.7. The van der Waals surface area contributed by atoms with E-state index in [2.05, 4.69) is 33.1 Å². The molecule has 1 aromatic rings. The molecule has 3 N–H and O–H groups in total. The molecule has 0 saturated carbocycles. The van der Waals surface area contributed by atoms with Crippen LogP contribution in [-0.4, -0.2) is 23.1 Å². The highest BCUT2D eigenvalue weighted by molar-refractivity contribution is 14.1. The van der Waals surface area contributed by atoms with Gasteiger partial charge in [0.2, 0.25) is 0 Å². The third kappa shape index (κ3) is 3.45. The predicted molar refractivity (Wildman–Crippen MR) is 64.8 cm³/mol. The molecule has 0 saturated heterocycles. The minimum Gasteiger partial charge on any atom is -0.360 e. The first-order chi connectivity index (χ1) is 7.04. The first-order valence-electron chi connectivity index (χ1n) is 4.62. The Morgan fingerprint density at radius 3 is 2.87 bits per heavy atom. The van der Waals surface area contributed by atoms with Gasteiger partial charge in [0.25, 0.3) is 5.91 Å². The lowest BCUT2D eigenvalue weighted by molar-refractivity contribution is 0.0926. The van der Waals surface area contributed by atoms with Crippen LogP contribution in [0, 0.1) is 0 Å². The predicted octanol–water partition coefficient (Wildman–Crippen LogP) is 1.08. The molecule has 0 spiro atoms. The highest BCUT2D eigenvalue weighted by Crippen LogP contribution is 2.08. The second kappa shape index (κ2) is 5.45. The van der Waals surface area contributed by atoms with E-state index < -0.39 is 0 Å². The van der Waals surface area contributed by atoms with Gasteiger partial charge in [-0.1, -0.05) is 27.7 Å². The van der Waals surface area contributed by atoms with Crippen LogP contribution in [0.1, 0.15) is 30.1 Å². The Kier molecular flexibility index (Phi) is 4.52. The summed E-state index contributed by atoms with van der Waals surface area (Å²) in [5.41, 5.74) is 5.93. The first kappa shape index (κ1) is 12.4. The van der Waals surface area contributed by atoms with Crippen molar-refractivity contribution in [1.29, 1.82) is 0 Å². The number of hydrogen-bond donors (Lipinski definition) is 2. The van der Waals surface area contributed by atoms with Gasteiger partial charge in [-0.15, -0.1) is 0 Å². The lowest BCUT2D eigenvalue weighted by Gasteiger charge is -2.16. The Morgan fingerprint density at radius 2 is 2.40 bits per heavy atom. The molecule has 1 amide bonds. The van der Waals surface area contributed by atoms with Gasteiger partial charge in [0.15, 0.2) is 5.69 Å². The zero-order valence-corrected chi connectivity index (χ0v) is 10.8. The molecule has 84 valence electrons. The standard InChI is InChI=1S/C9H14IN3O2/c1-5(11)6(2)12-9(14)8-3-7(4-10)15-13-8/h3,5-6H,4,11H2,1-2H3,(H,12,14). The fourth-order valence-corrected chi connectivity index (χ4v) is 1.25. The molecular weight excluding hydrogens is 309 g/mol. The molecular formula is C9H14IN3O2. The molecule has 15 heavy (non-hydrogen) atoms. The number of rotatable bonds is 4. The molecule has 5 nitrogen and oxygen atoms in total. The number of carbonyl (C=O) groups is 1. The number of hydrogen-bond acceptors (Lipinski definition) is 4. The molecule has 0 aromatic carbocycles. The van der Waals surface area contributed by atoms with Crippen LogP contribution < -0.4 is 11.1 Å². The van der Waals surface area contributed by atoms with Crippen molar-refractivity contribution < 1.29 is 9.32 Å². The molecule has 0 fully saturated rings. The van der Waals surface area contributed by atoms with Crippen molar-refractivity contribution in [1.82, 2.24) is 10.5 Å². The maximum absolute atomic E-state index is 11.6. The van der Waals surface area contributed by atoms with Crippen molar-refractivity contribution in [2.75, 3.05) is 0 Å². The number of nitrogens with one attached hydrogen (secondary N) is 1. The molecule has 1 aromatic heterocycles. The Hall–Kier alpha value is -0.630. The number of alkyl halides is 1. The summed E-state index contributed by atoms with van der Waals surface area (Å²) in [6, 6.07) is 1.46. The van der Waals surface area contributed by atoms with Crippen molar-refractivity contribution in [2.24, 2.45) is 5.73 Å². The second-order valence-electron chi connectivity index (χ2n) is 3.43. The van der Waals surface area contributed by atoms with Gasteiger partial charge in [-0.25, -0.2) is 0 Å². The molecule has 1 rings (SSSR count). The maximum Gasteiger partial charge on any atom is 0.273 e. The lowest BCUT2D eigenvalue weighted by atomic mass is 10.2. The molecule has 0 radical (unpaired) electrons. The largest absolute Gasteiger partial charge is 0.360 e. The number of carbonyl (C=O) groups excluding carboxylic acids is 1. The van der Waals surface area contributed by atoms with Crippen LogP contribution in [0.3, 0.4) is 0 Å². The zero-order chi connectivity index (χ0) is 11.4. The van der Waals surface area contributed by atoms with Crippen molar-refractivity contribution in [3.05, 3.63) is 17.5 Å². The van der Waals surface area contributed by atoms with Crippen LogP contribution >= 0.6 is 22.6 Å². The number of nitrogens with two attached hydrogens (primary N) is 1. The van der Waals surface area contributed by atoms with E-state index in [9.17, 15) is 4.79 Å². The lowest BCUT2D eigenvalue weighted by Crippen LogP contribution is -2.44. The van der Waals surface area contributed by atoms with Crippen LogP contribution in [0.4, 0.5) is 0 Å². The van der Waals surface area contributed by atoms with Crippen LogP contribution in [-0.2, 0) is 4.43 Å². The monoisotopic (exact) mass is 323 g/mol. The summed E-state index contributed by atoms with van der Waals surface area (Å²) >= 11 is 2.14. The fourth-order valence-electron chi connectivity index (χ4n) is 0.895. The van der Waals surface area contributed by atoms with E-state index in [1.54, 1.807) is 6.07 Å². The SMILES string of the molecule is CC(N)C(C)NC(=O)c1cc(CI)on1. The molecule has 0 bridgehead atoms. The van der Waals surface area contributed by atoms with Crippen molar-refractivity contribution in [3.8, 4) is 0 Å². The van der Waals surface area contributed by atoms with E-state index >= 15 is 0 Å². The molecule has 0 aliphatic heterocycles. The van der Waals surface area contributed by atoms with Gasteiger partial charge in [0.05, 0.1) is 4.43 Å². The fraction of sp³-hybridized carbons (Fsp3) is 0.556. The summed E-state index contributed by atoms with van der Waals surface area (Å²) in [6.07, 6.45) is 0. The number of amides is 1. The van der Waals surface area contributed by atoms with E-state index in [0.717, 1.165) is 0 Å². The molecule has 2 atom stereocenters. The average molecular weight is 323 g/mol. The Morgan fingerprint density at radius 1 is 1.73 bits per heavy atom. The molecule has 0 aliphatic rings. The molecule has 1 heterocycles. The van der Waals surface area contributed by atoms with Crippen LogP contribution in [0.15, 0.2) is 10.6 Å². The minimum atomic E-state index is -0.250. The number of aromatic nitrogens is 1. The van der Waals surface area contributed by atoms with Crippen LogP contribution in [0.2, 0.25) is 0 Å². The van der Waals surface area contributed by atoms with Gasteiger partial charge < -0.3 is 15.6 Å². The summed E-state index contributed by atoms with van der Waals surface area (Å²) in [4.78, 5) is 11.6. The second-order valence-corrected chi connectivity index (χ2v) is 4.20. The number of halogens is 1. The van der Waals surface area contributed by atoms with Crippen molar-refractivity contribution >= 4 is 28.5 Å². The summed E-state index contributed by atoms with van der Waals surface area (Å²) < 4.78 is 5.62. The maximum atomic E-state index is 11.6. The summed E-state index contributed by atoms with van der Waals surface area (Å²) in [6.45, 7) is 3.69. The van der Waals surface area contributed by atoms with E-state index in [1.165, 1.54) is 0 Å². The van der Waals surface area contributed by atoms with Crippen LogP contribution in [0.25, 0.3) is 0 Å². The molecule has 0 aliphatic carbocycles. The minimum absolute atomic E-state index is 0.0859. The average Bonchev–Trinajstić information content (AvgIpc) is 2.65. The quantitative estimate of drug-likeness (QED) is 0.642. The third-order valence-corrected chi connectivity index (χ3v) is 2.82. The van der Waals surface area contributed by atoms with E-state index in [-0.39, 0.29) is 18.0 Å². The van der Waals surface area contributed by atoms with Gasteiger partial charge in [-0.2, -0.15) is 0 Å². The van der Waals surface area contributed by atoms with Gasteiger partial charge in [-0.3, -0.25) is 4.79 Å². The Balaban J connectivity index is 2.61. The third-order valence-electron chi connectivity index (χ3n) is 2.07. The summed E-state index contributed by atoms with van der Waals surface area (Å²) in [7, 11) is 0. The summed E-state index contributed by atoms with van der Waals surface area (Å²) in [5, 5.41) is 6.41. The van der Waals surface area contributed by atoms with Crippen LogP contribution in [0.5, 0.6) is 0 Å². The first-order valence-corrected chi connectivity index (χ1v) is 6.15. The van der Waals surface area contributed by atoms with Gasteiger partial charge in [-0.05, 0) is 13.8 Å². The smallest absolute Gasteiger partial charge is 0.273 e. The highest BCUT2D eigenvalue weighted by atomic mass is 127. The molecule has 2 unspecified atom stereocenters. The van der Waals surface area contributed by atoms with Gasteiger partial charge in [0.1, 0.15) is 5.76 Å². The van der Waals surface area contributed by atoms with Crippen molar-refractivity contribution in [3.63, 3.8) is 0 Å². The van der Waals surface area contributed by atoms with Gasteiger partial charge in [0, 0.05) is 18.2 Å². The van der Waals surface area contributed by atoms with E-state index in [1.807, 2.05) is 13.8 Å². The van der Waals surface area contributed by atoms with Crippen molar-refractivity contribution in [2.45, 2.75) is 30.4 Å². The van der Waals surface area contributed by atoms with E-state index in [0.29, 0.717) is 15.9 Å². The number of nitrogens with zero attached hydrogens (tertiary/aromatic N) is 1. The summed E-state index contributed by atoms with van der Waals surface area (Å²) in [5.74, 6) is 0.439. The zero-order valence-electron chi connectivity index (χ0n) is 8.66. The van der Waals surface area contributed by atoms with E-state index in [4.69, 9.17) is 10.3 Å². The Labute approximate surface area is 102 Å². The highest BCUT2D eigenvalue weighted by Gasteiger charge is 2.16. The topological polar surface area (TPSA) is 81.1 Å². The Bertz CT molecular complexity index is 338.